The average Bonchev–Trinajstić information content (AvgIpc) is 2.66. The van der Waals surface area contributed by atoms with Crippen molar-refractivity contribution in [1.82, 2.24) is 9.78 Å². The van der Waals surface area contributed by atoms with Gasteiger partial charge in [-0.2, -0.15) is 5.10 Å². The highest BCUT2D eigenvalue weighted by Crippen LogP contribution is 2.35. The van der Waals surface area contributed by atoms with E-state index in [0.29, 0.717) is 17.1 Å². The second kappa shape index (κ2) is 3.62. The van der Waals surface area contributed by atoms with E-state index in [-0.39, 0.29) is 6.42 Å². The molecule has 1 atom stereocenters. The van der Waals surface area contributed by atoms with E-state index in [1.54, 1.807) is 18.7 Å². The molecule has 1 aromatic rings. The van der Waals surface area contributed by atoms with Crippen molar-refractivity contribution in [3.8, 4) is 5.88 Å². The molecule has 6 nitrogen and oxygen atoms in total. The number of ether oxygens (including phenoxy) is 2. The zero-order chi connectivity index (χ0) is 11.9. The van der Waals surface area contributed by atoms with Gasteiger partial charge in [-0.1, -0.05) is 0 Å². The number of aromatic nitrogens is 2. The molecular weight excluding hydrogens is 212 g/mol. The Kier molecular flexibility index (Phi) is 2.41. The van der Waals surface area contributed by atoms with Crippen LogP contribution >= 0.6 is 0 Å². The molecule has 0 aromatic carbocycles. The van der Waals surface area contributed by atoms with E-state index in [0.717, 1.165) is 0 Å². The molecular formula is C10H12N2O4. The van der Waals surface area contributed by atoms with Gasteiger partial charge in [0.1, 0.15) is 0 Å². The average molecular weight is 224 g/mol. The van der Waals surface area contributed by atoms with Crippen LogP contribution in [0.2, 0.25) is 0 Å². The van der Waals surface area contributed by atoms with Crippen LogP contribution in [-0.2, 0) is 21.4 Å². The summed E-state index contributed by atoms with van der Waals surface area (Å²) in [6.45, 7) is 1.77. The maximum absolute atomic E-state index is 11.5. The summed E-state index contributed by atoms with van der Waals surface area (Å²) in [6.07, 6.45) is 0.0573. The molecule has 2 rings (SSSR count). The Morgan fingerprint density at radius 3 is 2.69 bits per heavy atom. The normalized spacial score (nSPS) is 20.1. The van der Waals surface area contributed by atoms with Gasteiger partial charge < -0.3 is 9.47 Å². The summed E-state index contributed by atoms with van der Waals surface area (Å²) in [5.41, 5.74) is 1.32. The molecule has 0 amide bonds. The predicted octanol–water partition coefficient (Wildman–Crippen LogP) is 0.294. The van der Waals surface area contributed by atoms with Gasteiger partial charge in [0.15, 0.2) is 0 Å². The summed E-state index contributed by atoms with van der Waals surface area (Å²) < 4.78 is 11.2. The monoisotopic (exact) mass is 224 g/mol. The van der Waals surface area contributed by atoms with Gasteiger partial charge in [0, 0.05) is 7.05 Å². The minimum atomic E-state index is -0.587. The molecule has 2 heterocycles. The minimum absolute atomic E-state index is 0.0573. The van der Waals surface area contributed by atoms with Gasteiger partial charge >= 0.3 is 11.9 Å². The second-order valence-corrected chi connectivity index (χ2v) is 3.68. The first-order valence-corrected chi connectivity index (χ1v) is 4.86. The second-order valence-electron chi connectivity index (χ2n) is 3.68. The van der Waals surface area contributed by atoms with E-state index in [1.807, 2.05) is 0 Å². The molecule has 0 N–H and O–H groups in total. The van der Waals surface area contributed by atoms with Crippen LogP contribution in [0.3, 0.4) is 0 Å². The Balaban J connectivity index is 2.47. The van der Waals surface area contributed by atoms with Crippen molar-refractivity contribution in [3.63, 3.8) is 0 Å². The summed E-state index contributed by atoms with van der Waals surface area (Å²) in [7, 11) is 3.22. The van der Waals surface area contributed by atoms with E-state index < -0.39 is 17.9 Å². The summed E-state index contributed by atoms with van der Waals surface area (Å²) in [4.78, 5) is 22.5. The van der Waals surface area contributed by atoms with Crippen molar-refractivity contribution in [3.05, 3.63) is 11.3 Å². The van der Waals surface area contributed by atoms with Gasteiger partial charge in [-0.05, 0) is 6.92 Å². The lowest BCUT2D eigenvalue weighted by Crippen LogP contribution is -2.08. The SMILES string of the molecule is COc1c(C2CC(=O)OC2=O)c(C)nn1C. The van der Waals surface area contributed by atoms with Gasteiger partial charge in [0.25, 0.3) is 0 Å². The number of hydrogen-bond acceptors (Lipinski definition) is 5. The van der Waals surface area contributed by atoms with E-state index in [9.17, 15) is 9.59 Å². The van der Waals surface area contributed by atoms with Crippen molar-refractivity contribution in [1.29, 1.82) is 0 Å². The lowest BCUT2D eigenvalue weighted by Gasteiger charge is -2.07. The van der Waals surface area contributed by atoms with Crippen molar-refractivity contribution < 1.29 is 19.1 Å². The molecule has 1 aliphatic heterocycles. The maximum Gasteiger partial charge on any atom is 0.321 e. The molecule has 1 saturated heterocycles. The van der Waals surface area contributed by atoms with Gasteiger partial charge in [-0.15, -0.1) is 0 Å². The minimum Gasteiger partial charge on any atom is -0.481 e. The van der Waals surface area contributed by atoms with E-state index in [1.165, 1.54) is 7.11 Å². The maximum atomic E-state index is 11.5. The van der Waals surface area contributed by atoms with Gasteiger partial charge in [-0.25, -0.2) is 4.68 Å². The van der Waals surface area contributed by atoms with Crippen LogP contribution in [0, 0.1) is 6.92 Å². The molecule has 86 valence electrons. The van der Waals surface area contributed by atoms with Crippen molar-refractivity contribution in [2.45, 2.75) is 19.3 Å². The molecule has 1 aromatic heterocycles. The van der Waals surface area contributed by atoms with Crippen LogP contribution in [0.15, 0.2) is 0 Å². The van der Waals surface area contributed by atoms with Crippen molar-refractivity contribution in [2.75, 3.05) is 7.11 Å². The Bertz CT molecular complexity index is 464. The van der Waals surface area contributed by atoms with Crippen LogP contribution < -0.4 is 4.74 Å². The highest BCUT2D eigenvalue weighted by Gasteiger charge is 2.39. The lowest BCUT2D eigenvalue weighted by atomic mass is 9.98. The van der Waals surface area contributed by atoms with Crippen molar-refractivity contribution >= 4 is 11.9 Å². The fourth-order valence-corrected chi connectivity index (χ4v) is 1.99. The highest BCUT2D eigenvalue weighted by molar-refractivity contribution is 5.98. The molecule has 0 radical (unpaired) electrons. The fourth-order valence-electron chi connectivity index (χ4n) is 1.99. The Morgan fingerprint density at radius 2 is 2.19 bits per heavy atom. The molecule has 1 unspecified atom stereocenters. The summed E-state index contributed by atoms with van der Waals surface area (Å²) >= 11 is 0. The van der Waals surface area contributed by atoms with Crippen LogP contribution in [0.5, 0.6) is 5.88 Å². The molecule has 0 spiro atoms. The Hall–Kier alpha value is -1.85. The predicted molar refractivity (Wildman–Crippen MR) is 53.0 cm³/mol. The zero-order valence-electron chi connectivity index (χ0n) is 9.31. The first kappa shape index (κ1) is 10.7. The number of methoxy groups -OCH3 is 1. The Morgan fingerprint density at radius 1 is 1.50 bits per heavy atom. The molecule has 16 heavy (non-hydrogen) atoms. The quantitative estimate of drug-likeness (QED) is 0.533. The van der Waals surface area contributed by atoms with Crippen LogP contribution in [0.25, 0.3) is 0 Å². The number of carbonyl (C=O) groups excluding carboxylic acids is 2. The number of rotatable bonds is 2. The van der Waals surface area contributed by atoms with E-state index in [2.05, 4.69) is 9.84 Å². The first-order chi connectivity index (χ1) is 7.54. The first-order valence-electron chi connectivity index (χ1n) is 4.86. The third kappa shape index (κ3) is 1.46. The highest BCUT2D eigenvalue weighted by atomic mass is 16.6. The lowest BCUT2D eigenvalue weighted by molar-refractivity contribution is -0.152. The fraction of sp³-hybridized carbons (Fsp3) is 0.500. The molecule has 0 bridgehead atoms. The van der Waals surface area contributed by atoms with Gasteiger partial charge in [-0.3, -0.25) is 9.59 Å². The van der Waals surface area contributed by atoms with Crippen LogP contribution in [0.4, 0.5) is 0 Å². The summed E-state index contributed by atoms with van der Waals surface area (Å²) in [6, 6.07) is 0. The number of esters is 2. The summed E-state index contributed by atoms with van der Waals surface area (Å²) in [5.74, 6) is -1.12. The molecule has 6 heteroatoms. The Labute approximate surface area is 92.1 Å². The molecule has 0 aliphatic carbocycles. The third-order valence-corrected chi connectivity index (χ3v) is 2.63. The number of nitrogens with zero attached hydrogens (tertiary/aromatic N) is 2. The molecule has 1 fully saturated rings. The zero-order valence-corrected chi connectivity index (χ0v) is 9.31. The number of cyclic esters (lactones) is 2. The molecule has 0 saturated carbocycles. The van der Waals surface area contributed by atoms with Crippen LogP contribution in [0.1, 0.15) is 23.6 Å². The third-order valence-electron chi connectivity index (χ3n) is 2.63. The van der Waals surface area contributed by atoms with Crippen molar-refractivity contribution in [2.24, 2.45) is 7.05 Å². The van der Waals surface area contributed by atoms with E-state index >= 15 is 0 Å². The standard InChI is InChI=1S/C10H12N2O4/c1-5-8(9(15-3)12(2)11-5)6-4-7(13)16-10(6)14/h6H,4H2,1-3H3. The van der Waals surface area contributed by atoms with E-state index in [4.69, 9.17) is 4.74 Å². The van der Waals surface area contributed by atoms with Crippen LogP contribution in [-0.4, -0.2) is 28.8 Å². The largest absolute Gasteiger partial charge is 0.481 e. The number of carbonyl (C=O) groups is 2. The smallest absolute Gasteiger partial charge is 0.321 e. The number of hydrogen-bond donors (Lipinski definition) is 0. The summed E-state index contributed by atoms with van der Waals surface area (Å²) in [5, 5.41) is 4.16. The topological polar surface area (TPSA) is 70.4 Å². The van der Waals surface area contributed by atoms with Gasteiger partial charge in [0.2, 0.25) is 5.88 Å². The van der Waals surface area contributed by atoms with Gasteiger partial charge in [0.05, 0.1) is 30.7 Å². The number of aryl methyl sites for hydroxylation is 2. The molecule has 1 aliphatic rings.